The molecule has 1 aromatic rings. The van der Waals surface area contributed by atoms with Gasteiger partial charge in [0.05, 0.1) is 17.2 Å². The molecule has 0 atom stereocenters. The zero-order valence-electron chi connectivity index (χ0n) is 11.7. The van der Waals surface area contributed by atoms with Crippen LogP contribution in [-0.2, 0) is 15.4 Å². The van der Waals surface area contributed by atoms with Crippen molar-refractivity contribution >= 4 is 10.0 Å². The Hall–Kier alpha value is -1.38. The molecular weight excluding hydrogens is 272 g/mol. The lowest BCUT2D eigenvalue weighted by Crippen LogP contribution is -2.45. The highest BCUT2D eigenvalue weighted by Crippen LogP contribution is 2.35. The van der Waals surface area contributed by atoms with Crippen LogP contribution in [0.4, 0.5) is 0 Å². The summed E-state index contributed by atoms with van der Waals surface area (Å²) < 4.78 is 25.7. The van der Waals surface area contributed by atoms with Gasteiger partial charge in [-0.05, 0) is 24.8 Å². The molecule has 0 unspecified atom stereocenters. The van der Waals surface area contributed by atoms with E-state index in [4.69, 9.17) is 0 Å². The molecule has 5 heteroatoms. The molecule has 1 aromatic carbocycles. The van der Waals surface area contributed by atoms with Crippen LogP contribution >= 0.6 is 0 Å². The summed E-state index contributed by atoms with van der Waals surface area (Å²) in [5.74, 6) is 0.192. The fourth-order valence-electron chi connectivity index (χ4n) is 2.76. The van der Waals surface area contributed by atoms with Crippen molar-refractivity contribution in [1.29, 1.82) is 5.26 Å². The first kappa shape index (κ1) is 15.0. The Labute approximate surface area is 121 Å². The summed E-state index contributed by atoms with van der Waals surface area (Å²) >= 11 is 0. The number of rotatable bonds is 4. The van der Waals surface area contributed by atoms with Crippen molar-refractivity contribution in [2.45, 2.75) is 31.6 Å². The number of nitrogens with zero attached hydrogens (tertiary/aromatic N) is 2. The molecular formula is C15H20N2O2S. The summed E-state index contributed by atoms with van der Waals surface area (Å²) in [6.45, 7) is 2.74. The van der Waals surface area contributed by atoms with Crippen LogP contribution in [0.5, 0.6) is 0 Å². The first-order valence-electron chi connectivity index (χ1n) is 6.99. The highest BCUT2D eigenvalue weighted by Gasteiger charge is 2.39. The zero-order chi connectivity index (χ0) is 14.6. The summed E-state index contributed by atoms with van der Waals surface area (Å²) in [5, 5.41) is 9.57. The average Bonchev–Trinajstić information content (AvgIpc) is 2.48. The number of piperidine rings is 1. The SMILES string of the molecule is CCCS(=O)(=O)N1CCC(C#N)(c2ccccc2)CC1. The summed E-state index contributed by atoms with van der Waals surface area (Å²) in [4.78, 5) is 0. The molecule has 108 valence electrons. The Morgan fingerprint density at radius 3 is 2.35 bits per heavy atom. The highest BCUT2D eigenvalue weighted by atomic mass is 32.2. The van der Waals surface area contributed by atoms with E-state index in [1.807, 2.05) is 37.3 Å². The minimum Gasteiger partial charge on any atom is -0.212 e. The van der Waals surface area contributed by atoms with E-state index in [-0.39, 0.29) is 5.75 Å². The molecule has 0 aromatic heterocycles. The first-order valence-corrected chi connectivity index (χ1v) is 8.59. The predicted octanol–water partition coefficient (Wildman–Crippen LogP) is 2.28. The average molecular weight is 292 g/mol. The van der Waals surface area contributed by atoms with Crippen molar-refractivity contribution in [3.8, 4) is 6.07 Å². The maximum atomic E-state index is 12.1. The molecule has 1 aliphatic rings. The summed E-state index contributed by atoms with van der Waals surface area (Å²) in [6.07, 6.45) is 1.76. The molecule has 0 saturated carbocycles. The van der Waals surface area contributed by atoms with Crippen LogP contribution in [0, 0.1) is 11.3 Å². The molecule has 0 radical (unpaired) electrons. The topological polar surface area (TPSA) is 61.2 Å². The largest absolute Gasteiger partial charge is 0.214 e. The van der Waals surface area contributed by atoms with Gasteiger partial charge in [-0.3, -0.25) is 0 Å². The predicted molar refractivity (Wildman–Crippen MR) is 78.6 cm³/mol. The van der Waals surface area contributed by atoms with Crippen LogP contribution in [0.3, 0.4) is 0 Å². The third-order valence-corrected chi connectivity index (χ3v) is 6.05. The zero-order valence-corrected chi connectivity index (χ0v) is 12.6. The van der Waals surface area contributed by atoms with Gasteiger partial charge in [0.15, 0.2) is 0 Å². The number of benzene rings is 1. The van der Waals surface area contributed by atoms with Gasteiger partial charge in [-0.25, -0.2) is 12.7 Å². The number of nitriles is 1. The van der Waals surface area contributed by atoms with Crippen LogP contribution < -0.4 is 0 Å². The summed E-state index contributed by atoms with van der Waals surface area (Å²) in [5.41, 5.74) is 0.453. The van der Waals surface area contributed by atoms with E-state index < -0.39 is 15.4 Å². The van der Waals surface area contributed by atoms with Gasteiger partial charge in [0.2, 0.25) is 10.0 Å². The van der Waals surface area contributed by atoms with Crippen molar-refractivity contribution in [2.24, 2.45) is 0 Å². The Morgan fingerprint density at radius 1 is 1.25 bits per heavy atom. The van der Waals surface area contributed by atoms with Gasteiger partial charge >= 0.3 is 0 Å². The van der Waals surface area contributed by atoms with Crippen LogP contribution in [0.15, 0.2) is 30.3 Å². The maximum Gasteiger partial charge on any atom is 0.214 e. The molecule has 0 aliphatic carbocycles. The van der Waals surface area contributed by atoms with Crippen molar-refractivity contribution in [3.63, 3.8) is 0 Å². The normalized spacial score (nSPS) is 19.4. The Bertz CT molecular complexity index is 582. The molecule has 2 rings (SSSR count). The Balaban J connectivity index is 2.16. The van der Waals surface area contributed by atoms with Crippen LogP contribution in [0.2, 0.25) is 0 Å². The highest BCUT2D eigenvalue weighted by molar-refractivity contribution is 7.89. The standard InChI is InChI=1S/C15H20N2O2S/c1-2-12-20(18,19)17-10-8-15(13-16,9-11-17)14-6-4-3-5-7-14/h3-7H,2,8-12H2,1H3. The second-order valence-corrected chi connectivity index (χ2v) is 7.36. The second kappa shape index (κ2) is 5.94. The van der Waals surface area contributed by atoms with Crippen molar-refractivity contribution < 1.29 is 8.42 Å². The van der Waals surface area contributed by atoms with E-state index in [9.17, 15) is 13.7 Å². The Morgan fingerprint density at radius 2 is 1.85 bits per heavy atom. The van der Waals surface area contributed by atoms with Gasteiger partial charge in [0.1, 0.15) is 0 Å². The van der Waals surface area contributed by atoms with Crippen LogP contribution in [0.1, 0.15) is 31.7 Å². The van der Waals surface area contributed by atoms with Crippen LogP contribution in [0.25, 0.3) is 0 Å². The summed E-state index contributed by atoms with van der Waals surface area (Å²) in [7, 11) is -3.15. The number of hydrogen-bond donors (Lipinski definition) is 0. The smallest absolute Gasteiger partial charge is 0.212 e. The maximum absolute atomic E-state index is 12.1. The van der Waals surface area contributed by atoms with Crippen molar-refractivity contribution in [2.75, 3.05) is 18.8 Å². The second-order valence-electron chi connectivity index (χ2n) is 5.27. The molecule has 20 heavy (non-hydrogen) atoms. The van der Waals surface area contributed by atoms with E-state index in [1.165, 1.54) is 4.31 Å². The number of hydrogen-bond acceptors (Lipinski definition) is 3. The minimum atomic E-state index is -3.15. The quantitative estimate of drug-likeness (QED) is 0.855. The number of sulfonamides is 1. The van der Waals surface area contributed by atoms with Crippen LogP contribution in [-0.4, -0.2) is 31.6 Å². The Kier molecular flexibility index (Phi) is 4.46. The van der Waals surface area contributed by atoms with Gasteiger partial charge in [-0.1, -0.05) is 37.3 Å². The fraction of sp³-hybridized carbons (Fsp3) is 0.533. The lowest BCUT2D eigenvalue weighted by Gasteiger charge is -2.36. The van der Waals surface area contributed by atoms with E-state index in [2.05, 4.69) is 6.07 Å². The molecule has 1 saturated heterocycles. The minimum absolute atomic E-state index is 0.192. The third-order valence-electron chi connectivity index (χ3n) is 3.97. The molecule has 4 nitrogen and oxygen atoms in total. The van der Waals surface area contributed by atoms with Crippen molar-refractivity contribution in [3.05, 3.63) is 35.9 Å². The molecule has 0 N–H and O–H groups in total. The molecule has 0 spiro atoms. The van der Waals surface area contributed by atoms with Crippen molar-refractivity contribution in [1.82, 2.24) is 4.31 Å². The third kappa shape index (κ3) is 2.87. The molecule has 1 heterocycles. The van der Waals surface area contributed by atoms with Gasteiger partial charge < -0.3 is 0 Å². The summed E-state index contributed by atoms with van der Waals surface area (Å²) in [6, 6.07) is 12.1. The molecule has 0 bridgehead atoms. The monoisotopic (exact) mass is 292 g/mol. The molecule has 1 fully saturated rings. The van der Waals surface area contributed by atoms with Gasteiger partial charge in [0.25, 0.3) is 0 Å². The molecule has 1 aliphatic heterocycles. The lowest BCUT2D eigenvalue weighted by molar-refractivity contribution is 0.277. The van der Waals surface area contributed by atoms with E-state index >= 15 is 0 Å². The van der Waals surface area contributed by atoms with Gasteiger partial charge in [-0.2, -0.15) is 5.26 Å². The van der Waals surface area contributed by atoms with E-state index in [0.29, 0.717) is 32.4 Å². The molecule has 0 amide bonds. The van der Waals surface area contributed by atoms with Gasteiger partial charge in [0, 0.05) is 13.1 Å². The van der Waals surface area contributed by atoms with E-state index in [1.54, 1.807) is 0 Å². The first-order chi connectivity index (χ1) is 9.54. The lowest BCUT2D eigenvalue weighted by atomic mass is 9.74. The fourth-order valence-corrected chi connectivity index (χ4v) is 4.27. The van der Waals surface area contributed by atoms with Gasteiger partial charge in [-0.15, -0.1) is 0 Å². The van der Waals surface area contributed by atoms with E-state index in [0.717, 1.165) is 5.56 Å².